The number of hydrogen-bond acceptors (Lipinski definition) is 16. The zero-order valence-electron chi connectivity index (χ0n) is 50.0. The Bertz CT molecular complexity index is 1470. The highest BCUT2D eigenvalue weighted by atomic mass is 16.6. The number of esters is 6. The Labute approximate surface area is 476 Å². The summed E-state index contributed by atoms with van der Waals surface area (Å²) < 4.78 is 40.1. The summed E-state index contributed by atoms with van der Waals surface area (Å²) in [6, 6.07) is -1.24. The standard InChI is InChI=1S/C62H110N2O15/c1-5-9-13-17-21-25-33-56(66)74-45-51(46-75-57(67)34-26-22-18-14-10-6-2)43-60(70)78-49-53-31-29-32-54(64(53)62(72)73-42-30-39-63-40-37-55(65)38-41-63)50-79-61(71)44-52(47-76-58(68)35-27-23-19-15-11-7-3)48-77-59(69)36-28-24-20-16-12-8-4/h51-55,65H,5-50H2,1-4H3/t53-,54-/m0/s1. The topological polar surface area (TPSA) is 211 Å². The van der Waals surface area contributed by atoms with Gasteiger partial charge in [-0.05, 0) is 64.2 Å². The number of carbonyl (C=O) groups excluding carboxylic acids is 7. The van der Waals surface area contributed by atoms with Crippen molar-refractivity contribution in [1.29, 1.82) is 0 Å². The average Bonchev–Trinajstić information content (AvgIpc) is 3.45. The number of carbonyl (C=O) groups is 7. The van der Waals surface area contributed by atoms with Crippen LogP contribution in [0.25, 0.3) is 0 Å². The molecule has 1 N–H and O–H groups in total. The molecule has 0 unspecified atom stereocenters. The molecule has 2 heterocycles. The van der Waals surface area contributed by atoms with Gasteiger partial charge in [0.1, 0.15) is 13.2 Å². The van der Waals surface area contributed by atoms with E-state index in [-0.39, 0.29) is 115 Å². The Morgan fingerprint density at radius 2 is 0.734 bits per heavy atom. The van der Waals surface area contributed by atoms with Gasteiger partial charge < -0.3 is 43.2 Å². The number of rotatable bonds is 48. The normalized spacial score (nSPS) is 16.0. The molecular weight excluding hydrogens is 1010 g/mol. The van der Waals surface area contributed by atoms with Crippen molar-refractivity contribution in [2.45, 2.75) is 277 Å². The van der Waals surface area contributed by atoms with Gasteiger partial charge in [-0.2, -0.15) is 0 Å². The molecule has 79 heavy (non-hydrogen) atoms. The predicted octanol–water partition coefficient (Wildman–Crippen LogP) is 12.5. The third kappa shape index (κ3) is 37.6. The van der Waals surface area contributed by atoms with Crippen LogP contribution in [-0.2, 0) is 61.9 Å². The zero-order valence-corrected chi connectivity index (χ0v) is 50.0. The van der Waals surface area contributed by atoms with Crippen LogP contribution in [0, 0.1) is 11.8 Å². The van der Waals surface area contributed by atoms with E-state index in [1.54, 1.807) is 0 Å². The lowest BCUT2D eigenvalue weighted by Gasteiger charge is -2.40. The lowest BCUT2D eigenvalue weighted by atomic mass is 9.96. The minimum absolute atomic E-state index is 0.120. The van der Waals surface area contributed by atoms with E-state index in [4.69, 9.17) is 33.2 Å². The highest BCUT2D eigenvalue weighted by Gasteiger charge is 2.37. The first-order valence-electron chi connectivity index (χ1n) is 31.7. The molecular formula is C62H110N2O15. The number of likely N-dealkylation sites (tertiary alicyclic amines) is 2. The number of amides is 1. The summed E-state index contributed by atoms with van der Waals surface area (Å²) in [7, 11) is 0. The van der Waals surface area contributed by atoms with Gasteiger partial charge in [0, 0.05) is 57.2 Å². The first-order valence-corrected chi connectivity index (χ1v) is 31.7. The Kier molecular flexibility index (Phi) is 42.9. The molecule has 17 nitrogen and oxygen atoms in total. The molecule has 2 saturated heterocycles. The van der Waals surface area contributed by atoms with Crippen molar-refractivity contribution in [2.24, 2.45) is 11.8 Å². The van der Waals surface area contributed by atoms with Crippen molar-refractivity contribution in [1.82, 2.24) is 9.80 Å². The smallest absolute Gasteiger partial charge is 0.410 e. The molecule has 2 aliphatic rings. The van der Waals surface area contributed by atoms with E-state index < -0.39 is 42.0 Å². The fourth-order valence-electron chi connectivity index (χ4n) is 10.1. The van der Waals surface area contributed by atoms with Gasteiger partial charge in [0.2, 0.25) is 0 Å². The van der Waals surface area contributed by atoms with Gasteiger partial charge in [0.25, 0.3) is 0 Å². The largest absolute Gasteiger partial charge is 0.465 e. The molecule has 0 radical (unpaired) electrons. The van der Waals surface area contributed by atoms with Crippen molar-refractivity contribution in [3.05, 3.63) is 0 Å². The molecule has 458 valence electrons. The second-order valence-corrected chi connectivity index (χ2v) is 22.5. The molecule has 0 aliphatic carbocycles. The van der Waals surface area contributed by atoms with Crippen LogP contribution in [-0.4, -0.2) is 141 Å². The molecule has 0 spiro atoms. The molecule has 17 heteroatoms. The van der Waals surface area contributed by atoms with Crippen molar-refractivity contribution in [3.63, 3.8) is 0 Å². The molecule has 0 aromatic heterocycles. The van der Waals surface area contributed by atoms with Crippen LogP contribution >= 0.6 is 0 Å². The van der Waals surface area contributed by atoms with Gasteiger partial charge in [-0.3, -0.25) is 33.7 Å². The quantitative estimate of drug-likeness (QED) is 0.0341. The number of hydrogen-bond donors (Lipinski definition) is 1. The Morgan fingerprint density at radius 3 is 1.08 bits per heavy atom. The van der Waals surface area contributed by atoms with Crippen LogP contribution in [0.15, 0.2) is 0 Å². The minimum atomic E-state index is -0.645. The van der Waals surface area contributed by atoms with Crippen molar-refractivity contribution >= 4 is 41.9 Å². The maximum absolute atomic E-state index is 14.1. The predicted molar refractivity (Wildman–Crippen MR) is 305 cm³/mol. The van der Waals surface area contributed by atoms with E-state index in [0.717, 1.165) is 142 Å². The summed E-state index contributed by atoms with van der Waals surface area (Å²) in [6.45, 7) is 10.1. The van der Waals surface area contributed by atoms with Crippen molar-refractivity contribution in [3.8, 4) is 0 Å². The number of unbranched alkanes of at least 4 members (excludes halogenated alkanes) is 20. The van der Waals surface area contributed by atoms with Gasteiger partial charge >= 0.3 is 41.9 Å². The van der Waals surface area contributed by atoms with Crippen LogP contribution in [0.4, 0.5) is 4.79 Å². The summed E-state index contributed by atoms with van der Waals surface area (Å²) in [4.78, 5) is 96.2. The molecule has 0 bridgehead atoms. The van der Waals surface area contributed by atoms with E-state index in [0.29, 0.717) is 70.8 Å². The van der Waals surface area contributed by atoms with Gasteiger partial charge in [0.15, 0.2) is 0 Å². The molecule has 0 aromatic rings. The average molecular weight is 1120 g/mol. The molecule has 2 fully saturated rings. The van der Waals surface area contributed by atoms with E-state index >= 15 is 0 Å². The zero-order chi connectivity index (χ0) is 57.6. The second kappa shape index (κ2) is 47.6. The molecule has 2 atom stereocenters. The maximum Gasteiger partial charge on any atom is 0.410 e. The summed E-state index contributed by atoms with van der Waals surface area (Å²) >= 11 is 0. The van der Waals surface area contributed by atoms with Crippen molar-refractivity contribution < 1.29 is 71.8 Å². The summed E-state index contributed by atoms with van der Waals surface area (Å²) in [5, 5.41) is 9.95. The number of nitrogens with zero attached hydrogens (tertiary/aromatic N) is 2. The molecule has 1 amide bonds. The minimum Gasteiger partial charge on any atom is -0.465 e. The number of piperidine rings is 2. The molecule has 0 aromatic carbocycles. The third-order valence-electron chi connectivity index (χ3n) is 15.1. The first-order chi connectivity index (χ1) is 38.4. The first kappa shape index (κ1) is 71.1. The van der Waals surface area contributed by atoms with Crippen LogP contribution < -0.4 is 0 Å². The van der Waals surface area contributed by atoms with Crippen LogP contribution in [0.1, 0.15) is 259 Å². The number of aliphatic hydroxyl groups excluding tert-OH is 1. The Balaban J connectivity index is 2.15. The van der Waals surface area contributed by atoms with Gasteiger partial charge in [0.05, 0.1) is 64.1 Å². The highest BCUT2D eigenvalue weighted by molar-refractivity contribution is 5.73. The number of ether oxygens (including phenoxy) is 7. The summed E-state index contributed by atoms with van der Waals surface area (Å²) in [5.41, 5.74) is 0. The fraction of sp³-hybridized carbons (Fsp3) is 0.887. The van der Waals surface area contributed by atoms with Gasteiger partial charge in [-0.15, -0.1) is 0 Å². The summed E-state index contributed by atoms with van der Waals surface area (Å²) in [5.74, 6) is -3.99. The van der Waals surface area contributed by atoms with Crippen LogP contribution in [0.3, 0.4) is 0 Å². The monoisotopic (exact) mass is 1120 g/mol. The Hall–Kier alpha value is -3.99. The Morgan fingerprint density at radius 1 is 0.405 bits per heavy atom. The van der Waals surface area contributed by atoms with Crippen molar-refractivity contribution in [2.75, 3.05) is 65.9 Å². The van der Waals surface area contributed by atoms with E-state index in [1.165, 1.54) is 4.90 Å². The summed E-state index contributed by atoms with van der Waals surface area (Å²) in [6.07, 6.45) is 27.7. The van der Waals surface area contributed by atoms with E-state index in [9.17, 15) is 38.7 Å². The van der Waals surface area contributed by atoms with Gasteiger partial charge in [-0.1, -0.05) is 156 Å². The van der Waals surface area contributed by atoms with E-state index in [2.05, 4.69) is 32.6 Å². The fourth-order valence-corrected chi connectivity index (χ4v) is 10.1. The molecule has 0 saturated carbocycles. The lowest BCUT2D eigenvalue weighted by molar-refractivity contribution is -0.157. The lowest BCUT2D eigenvalue weighted by Crippen LogP contribution is -2.54. The number of aliphatic hydroxyl groups is 1. The van der Waals surface area contributed by atoms with Crippen LogP contribution in [0.5, 0.6) is 0 Å². The van der Waals surface area contributed by atoms with Crippen LogP contribution in [0.2, 0.25) is 0 Å². The SMILES string of the molecule is CCCCCCCCC(=O)OCC(COC(=O)CCCCCCCC)CC(=O)OC[C@@H]1CCC[C@@H](COC(=O)CC(COC(=O)CCCCCCCC)COC(=O)CCCCCCCC)N1C(=O)OCCCN1CCC(O)CC1. The molecule has 2 rings (SSSR count). The molecule has 2 aliphatic heterocycles. The third-order valence-corrected chi connectivity index (χ3v) is 15.1. The maximum atomic E-state index is 14.1. The van der Waals surface area contributed by atoms with Gasteiger partial charge in [-0.25, -0.2) is 4.79 Å². The highest BCUT2D eigenvalue weighted by Crippen LogP contribution is 2.26. The second-order valence-electron chi connectivity index (χ2n) is 22.5. The van der Waals surface area contributed by atoms with E-state index in [1.807, 2.05) is 0 Å².